The van der Waals surface area contributed by atoms with Crippen molar-refractivity contribution >= 4 is 28.0 Å². The van der Waals surface area contributed by atoms with Gasteiger partial charge in [-0.15, -0.1) is 0 Å². The van der Waals surface area contributed by atoms with E-state index in [4.69, 9.17) is 0 Å². The third kappa shape index (κ3) is 2.22. The highest BCUT2D eigenvalue weighted by atomic mass is 16.1. The number of aromatic nitrogens is 1. The van der Waals surface area contributed by atoms with E-state index in [0.717, 1.165) is 36.4 Å². The SMILES string of the molecule is O=C1C=CC(c2[nH]c3ccccc3c2C2=CCNCC2)=NC1. The van der Waals surface area contributed by atoms with E-state index in [2.05, 4.69) is 39.6 Å². The minimum atomic E-state index is 0.0579. The molecule has 4 nitrogen and oxygen atoms in total. The van der Waals surface area contributed by atoms with Crippen LogP contribution in [0.2, 0.25) is 0 Å². The van der Waals surface area contributed by atoms with E-state index in [1.165, 1.54) is 16.5 Å². The standard InChI is InChI=1S/C18H17N3O/c22-13-5-6-16(20-11-13)18-17(12-7-9-19-10-8-12)14-3-1-2-4-15(14)21-18/h1-7,19,21H,8-11H2. The lowest BCUT2D eigenvalue weighted by atomic mass is 9.95. The minimum Gasteiger partial charge on any atom is -0.353 e. The number of hydrogen-bond acceptors (Lipinski definition) is 3. The monoisotopic (exact) mass is 291 g/mol. The average molecular weight is 291 g/mol. The summed E-state index contributed by atoms with van der Waals surface area (Å²) < 4.78 is 0. The molecule has 0 radical (unpaired) electrons. The van der Waals surface area contributed by atoms with Gasteiger partial charge in [-0.2, -0.15) is 0 Å². The van der Waals surface area contributed by atoms with Crippen LogP contribution in [0.3, 0.4) is 0 Å². The molecule has 0 amide bonds. The second kappa shape index (κ2) is 5.39. The number of para-hydroxylation sites is 1. The molecule has 0 unspecified atom stereocenters. The lowest BCUT2D eigenvalue weighted by Gasteiger charge is -2.16. The normalized spacial score (nSPS) is 18.5. The second-order valence-corrected chi connectivity index (χ2v) is 5.61. The highest BCUT2D eigenvalue weighted by Crippen LogP contribution is 2.32. The van der Waals surface area contributed by atoms with E-state index in [0.29, 0.717) is 0 Å². The van der Waals surface area contributed by atoms with Crippen molar-refractivity contribution in [2.24, 2.45) is 4.99 Å². The predicted octanol–water partition coefficient (Wildman–Crippen LogP) is 2.47. The largest absolute Gasteiger partial charge is 0.353 e. The van der Waals surface area contributed by atoms with Gasteiger partial charge in [0.2, 0.25) is 0 Å². The summed E-state index contributed by atoms with van der Waals surface area (Å²) in [5.74, 6) is 0.0579. The maximum absolute atomic E-state index is 11.4. The van der Waals surface area contributed by atoms with Gasteiger partial charge < -0.3 is 10.3 Å². The van der Waals surface area contributed by atoms with E-state index >= 15 is 0 Å². The molecule has 22 heavy (non-hydrogen) atoms. The van der Waals surface area contributed by atoms with Gasteiger partial charge in [0.15, 0.2) is 5.78 Å². The van der Waals surface area contributed by atoms with Crippen molar-refractivity contribution in [3.8, 4) is 0 Å². The smallest absolute Gasteiger partial charge is 0.177 e. The van der Waals surface area contributed by atoms with Gasteiger partial charge in [0, 0.05) is 23.0 Å². The highest BCUT2D eigenvalue weighted by molar-refractivity contribution is 6.18. The Morgan fingerprint density at radius 1 is 1.14 bits per heavy atom. The van der Waals surface area contributed by atoms with Gasteiger partial charge in [0.1, 0.15) is 6.54 Å². The number of hydrogen-bond donors (Lipinski definition) is 2. The fourth-order valence-corrected chi connectivity index (χ4v) is 3.12. The number of nitrogens with one attached hydrogen (secondary N) is 2. The second-order valence-electron chi connectivity index (χ2n) is 5.61. The molecular weight excluding hydrogens is 274 g/mol. The molecule has 4 heteroatoms. The number of benzene rings is 1. The summed E-state index contributed by atoms with van der Waals surface area (Å²) in [5, 5.41) is 4.58. The number of aliphatic imine (C=N–C) groups is 1. The van der Waals surface area contributed by atoms with Crippen LogP contribution in [0.1, 0.15) is 17.7 Å². The first-order valence-electron chi connectivity index (χ1n) is 7.59. The van der Waals surface area contributed by atoms with Gasteiger partial charge in [0.05, 0.1) is 11.4 Å². The Kier molecular flexibility index (Phi) is 3.24. The molecule has 0 bridgehead atoms. The Morgan fingerprint density at radius 3 is 2.82 bits per heavy atom. The van der Waals surface area contributed by atoms with Gasteiger partial charge in [-0.3, -0.25) is 9.79 Å². The summed E-state index contributed by atoms with van der Waals surface area (Å²) in [6, 6.07) is 8.33. The quantitative estimate of drug-likeness (QED) is 0.893. The van der Waals surface area contributed by atoms with Gasteiger partial charge in [0.25, 0.3) is 0 Å². The molecule has 0 saturated carbocycles. The molecular formula is C18H17N3O. The maximum atomic E-state index is 11.4. The first kappa shape index (κ1) is 13.2. The van der Waals surface area contributed by atoms with Crippen LogP contribution in [-0.4, -0.2) is 36.1 Å². The first-order chi connectivity index (χ1) is 10.8. The molecule has 3 heterocycles. The summed E-state index contributed by atoms with van der Waals surface area (Å²) in [6.07, 6.45) is 6.70. The Bertz CT molecular complexity index is 839. The van der Waals surface area contributed by atoms with Crippen molar-refractivity contribution in [3.05, 3.63) is 53.8 Å². The van der Waals surface area contributed by atoms with Crippen molar-refractivity contribution in [3.63, 3.8) is 0 Å². The zero-order valence-electron chi connectivity index (χ0n) is 12.2. The number of carbonyl (C=O) groups is 1. The van der Waals surface area contributed by atoms with Crippen LogP contribution in [0.15, 0.2) is 47.5 Å². The number of H-pyrrole nitrogens is 1. The fourth-order valence-electron chi connectivity index (χ4n) is 3.12. The number of allylic oxidation sites excluding steroid dienone is 1. The molecule has 2 N–H and O–H groups in total. The fraction of sp³-hybridized carbons (Fsp3) is 0.222. The number of fused-ring (bicyclic) bond motifs is 1. The number of aromatic amines is 1. The Hall–Kier alpha value is -2.46. The van der Waals surface area contributed by atoms with Gasteiger partial charge in [-0.1, -0.05) is 24.3 Å². The Balaban J connectivity index is 1.92. The van der Waals surface area contributed by atoms with E-state index in [9.17, 15) is 4.79 Å². The molecule has 1 aromatic carbocycles. The summed E-state index contributed by atoms with van der Waals surface area (Å²) >= 11 is 0. The van der Waals surface area contributed by atoms with Crippen molar-refractivity contribution < 1.29 is 4.79 Å². The van der Waals surface area contributed by atoms with Gasteiger partial charge in [-0.05, 0) is 36.8 Å². The Morgan fingerprint density at radius 2 is 2.05 bits per heavy atom. The summed E-state index contributed by atoms with van der Waals surface area (Å²) in [5.41, 5.74) is 5.58. The van der Waals surface area contributed by atoms with E-state index in [1.807, 2.05) is 12.1 Å². The van der Waals surface area contributed by atoms with E-state index in [1.54, 1.807) is 6.08 Å². The molecule has 0 atom stereocenters. The van der Waals surface area contributed by atoms with Crippen LogP contribution >= 0.6 is 0 Å². The molecule has 2 aliphatic rings. The Labute approximate surface area is 128 Å². The van der Waals surface area contributed by atoms with Crippen molar-refractivity contribution in [1.82, 2.24) is 10.3 Å². The van der Waals surface area contributed by atoms with Crippen molar-refractivity contribution in [1.29, 1.82) is 0 Å². The average Bonchev–Trinajstić information content (AvgIpc) is 2.96. The highest BCUT2D eigenvalue weighted by Gasteiger charge is 2.20. The van der Waals surface area contributed by atoms with Crippen LogP contribution in [0, 0.1) is 0 Å². The van der Waals surface area contributed by atoms with Gasteiger partial charge >= 0.3 is 0 Å². The van der Waals surface area contributed by atoms with E-state index in [-0.39, 0.29) is 12.3 Å². The summed E-state index contributed by atoms with van der Waals surface area (Å²) in [7, 11) is 0. The number of nitrogens with zero attached hydrogens (tertiary/aromatic N) is 1. The van der Waals surface area contributed by atoms with Crippen LogP contribution in [0.25, 0.3) is 16.5 Å². The first-order valence-corrected chi connectivity index (χ1v) is 7.59. The summed E-state index contributed by atoms with van der Waals surface area (Å²) in [6.45, 7) is 2.13. The van der Waals surface area contributed by atoms with Crippen LogP contribution < -0.4 is 5.32 Å². The van der Waals surface area contributed by atoms with Crippen LogP contribution in [0.4, 0.5) is 0 Å². The maximum Gasteiger partial charge on any atom is 0.177 e. The molecule has 4 rings (SSSR count). The molecule has 0 fully saturated rings. The van der Waals surface area contributed by atoms with Crippen LogP contribution in [0.5, 0.6) is 0 Å². The van der Waals surface area contributed by atoms with Crippen molar-refractivity contribution in [2.45, 2.75) is 6.42 Å². The molecule has 2 aromatic rings. The minimum absolute atomic E-state index is 0.0579. The van der Waals surface area contributed by atoms with Crippen molar-refractivity contribution in [2.75, 3.05) is 19.6 Å². The van der Waals surface area contributed by atoms with E-state index < -0.39 is 0 Å². The zero-order valence-corrected chi connectivity index (χ0v) is 12.2. The number of rotatable bonds is 2. The number of dihydropyridines is 1. The van der Waals surface area contributed by atoms with Gasteiger partial charge in [-0.25, -0.2) is 0 Å². The number of carbonyl (C=O) groups excluding carboxylic acids is 1. The third-order valence-electron chi connectivity index (χ3n) is 4.18. The predicted molar refractivity (Wildman–Crippen MR) is 89.3 cm³/mol. The topological polar surface area (TPSA) is 57.2 Å². The molecule has 1 aromatic heterocycles. The lowest BCUT2D eigenvalue weighted by Crippen LogP contribution is -2.20. The third-order valence-corrected chi connectivity index (χ3v) is 4.18. The molecule has 0 spiro atoms. The molecule has 110 valence electrons. The lowest BCUT2D eigenvalue weighted by molar-refractivity contribution is -0.113. The molecule has 2 aliphatic heterocycles. The summed E-state index contributed by atoms with van der Waals surface area (Å²) in [4.78, 5) is 19.3. The van der Waals surface area contributed by atoms with Crippen LogP contribution in [-0.2, 0) is 4.79 Å². The molecule has 0 saturated heterocycles. The molecule has 0 aliphatic carbocycles. The zero-order chi connectivity index (χ0) is 14.9. The number of ketones is 1.